The Morgan fingerprint density at radius 2 is 1.83 bits per heavy atom. The Bertz CT molecular complexity index is 893. The molecule has 0 aliphatic rings. The van der Waals surface area contributed by atoms with E-state index in [0.717, 1.165) is 21.2 Å². The Morgan fingerprint density at radius 1 is 1.08 bits per heavy atom. The van der Waals surface area contributed by atoms with Gasteiger partial charge in [0.2, 0.25) is 0 Å². The lowest BCUT2D eigenvalue weighted by molar-refractivity contribution is -0.137. The van der Waals surface area contributed by atoms with E-state index >= 15 is 0 Å². The second-order valence-corrected chi connectivity index (χ2v) is 7.03. The van der Waals surface area contributed by atoms with Crippen molar-refractivity contribution in [1.82, 2.24) is 14.8 Å². The van der Waals surface area contributed by atoms with Gasteiger partial charge in [0.25, 0.3) is 0 Å². The summed E-state index contributed by atoms with van der Waals surface area (Å²) in [7, 11) is 0. The van der Waals surface area contributed by atoms with Crippen molar-refractivity contribution in [3.63, 3.8) is 0 Å². The third kappa shape index (κ3) is 3.67. The summed E-state index contributed by atoms with van der Waals surface area (Å²) in [5, 5.41) is 19.4. The van der Waals surface area contributed by atoms with E-state index in [0.29, 0.717) is 24.1 Å². The first-order valence-corrected chi connectivity index (χ1v) is 9.10. The van der Waals surface area contributed by atoms with Crippen molar-refractivity contribution in [2.45, 2.75) is 25.8 Å². The highest BCUT2D eigenvalue weighted by Gasteiger charge is 2.13. The van der Waals surface area contributed by atoms with Crippen molar-refractivity contribution < 1.29 is 9.90 Å². The van der Waals surface area contributed by atoms with Gasteiger partial charge < -0.3 is 9.67 Å². The molecule has 0 fully saturated rings. The molecule has 0 unspecified atom stereocenters. The minimum absolute atomic E-state index is 0.131. The molecule has 0 aliphatic carbocycles. The molecule has 0 saturated carbocycles. The van der Waals surface area contributed by atoms with Crippen LogP contribution in [0.5, 0.6) is 0 Å². The number of carboxylic acids is 1. The van der Waals surface area contributed by atoms with Crippen molar-refractivity contribution in [3.8, 4) is 0 Å². The summed E-state index contributed by atoms with van der Waals surface area (Å²) in [6, 6.07) is 12.3. The molecule has 0 atom stereocenters. The van der Waals surface area contributed by atoms with E-state index in [1.54, 1.807) is 0 Å². The van der Waals surface area contributed by atoms with E-state index < -0.39 is 5.97 Å². The zero-order chi connectivity index (χ0) is 17.1. The fraction of sp³-hybridized carbons (Fsp3) is 0.235. The van der Waals surface area contributed by atoms with Gasteiger partial charge in [-0.2, -0.15) is 0 Å². The van der Waals surface area contributed by atoms with Crippen molar-refractivity contribution in [3.05, 3.63) is 57.0 Å². The second kappa shape index (κ2) is 7.44. The van der Waals surface area contributed by atoms with Crippen LogP contribution in [0.4, 0.5) is 0 Å². The van der Waals surface area contributed by atoms with Crippen LogP contribution in [-0.2, 0) is 17.8 Å². The van der Waals surface area contributed by atoms with Crippen LogP contribution in [0, 0.1) is 0 Å². The van der Waals surface area contributed by atoms with E-state index in [2.05, 4.69) is 60.3 Å². The van der Waals surface area contributed by atoms with Crippen molar-refractivity contribution in [2.24, 2.45) is 0 Å². The van der Waals surface area contributed by atoms with Crippen LogP contribution in [-0.4, -0.2) is 25.8 Å². The average Bonchev–Trinajstić information content (AvgIpc) is 2.90. The number of aromatic nitrogens is 3. The maximum atomic E-state index is 10.7. The molecule has 7 heteroatoms. The molecule has 3 aromatic rings. The lowest BCUT2D eigenvalue weighted by Gasteiger charge is -2.11. The summed E-state index contributed by atoms with van der Waals surface area (Å²) in [6.07, 6.45) is 1.26. The molecule has 2 aromatic carbocycles. The van der Waals surface area contributed by atoms with Gasteiger partial charge in [0.15, 0.2) is 4.73 Å². The fourth-order valence-electron chi connectivity index (χ4n) is 2.69. The lowest BCUT2D eigenvalue weighted by atomic mass is 10.0. The highest BCUT2D eigenvalue weighted by molar-refractivity contribution is 9.10. The van der Waals surface area contributed by atoms with Gasteiger partial charge in [0.05, 0.1) is 6.54 Å². The molecule has 0 radical (unpaired) electrons. The summed E-state index contributed by atoms with van der Waals surface area (Å²) >= 11 is 7.03. The molecule has 0 saturated heterocycles. The van der Waals surface area contributed by atoms with E-state index in [9.17, 15) is 4.79 Å². The van der Waals surface area contributed by atoms with Crippen LogP contribution in [0.2, 0.25) is 0 Å². The van der Waals surface area contributed by atoms with Gasteiger partial charge in [-0.3, -0.25) is 4.79 Å². The summed E-state index contributed by atoms with van der Waals surface area (Å²) in [6.45, 7) is 0.629. The number of halogens is 2. The first kappa shape index (κ1) is 17.1. The van der Waals surface area contributed by atoms with E-state index in [1.165, 1.54) is 5.39 Å². The van der Waals surface area contributed by atoms with Crippen LogP contribution < -0.4 is 0 Å². The topological polar surface area (TPSA) is 68.0 Å². The molecule has 0 amide bonds. The van der Waals surface area contributed by atoms with Crippen molar-refractivity contribution in [1.29, 1.82) is 0 Å². The number of aliphatic carboxylic acids is 1. The van der Waals surface area contributed by atoms with Gasteiger partial charge in [-0.05, 0) is 44.8 Å². The zero-order valence-corrected chi connectivity index (χ0v) is 15.9. The number of carbonyl (C=O) groups is 1. The second-order valence-electron chi connectivity index (χ2n) is 5.47. The minimum Gasteiger partial charge on any atom is -0.481 e. The van der Waals surface area contributed by atoms with Crippen LogP contribution >= 0.6 is 31.9 Å². The molecule has 0 aliphatic heterocycles. The number of nitrogens with zero attached hydrogens (tertiary/aromatic N) is 3. The Labute approximate surface area is 156 Å². The maximum Gasteiger partial charge on any atom is 0.303 e. The molecular formula is C17H15Br2N3O2. The highest BCUT2D eigenvalue weighted by atomic mass is 79.9. The molecule has 0 bridgehead atoms. The molecule has 1 N–H and O–H groups in total. The Morgan fingerprint density at radius 3 is 2.58 bits per heavy atom. The average molecular weight is 453 g/mol. The quantitative estimate of drug-likeness (QED) is 0.601. The van der Waals surface area contributed by atoms with Crippen LogP contribution in [0.15, 0.2) is 45.6 Å². The molecular weight excluding hydrogens is 438 g/mol. The first-order chi connectivity index (χ1) is 11.6. The SMILES string of the molecule is O=C(O)CCCc1nnc(Br)n1Cc1ccc(Br)c2ccccc12. The largest absolute Gasteiger partial charge is 0.481 e. The predicted octanol–water partition coefficient (Wildman–Crippen LogP) is 4.41. The fourth-order valence-corrected chi connectivity index (χ4v) is 3.57. The number of hydrogen-bond acceptors (Lipinski definition) is 3. The summed E-state index contributed by atoms with van der Waals surface area (Å²) in [5.41, 5.74) is 1.16. The minimum atomic E-state index is -0.793. The molecule has 1 heterocycles. The molecule has 24 heavy (non-hydrogen) atoms. The number of hydrogen-bond donors (Lipinski definition) is 1. The van der Waals surface area contributed by atoms with Gasteiger partial charge in [-0.1, -0.05) is 46.3 Å². The van der Waals surface area contributed by atoms with Crippen molar-refractivity contribution in [2.75, 3.05) is 0 Å². The summed E-state index contributed by atoms with van der Waals surface area (Å²) < 4.78 is 3.70. The molecule has 5 nitrogen and oxygen atoms in total. The third-order valence-electron chi connectivity index (χ3n) is 3.86. The molecule has 0 spiro atoms. The number of aryl methyl sites for hydroxylation is 1. The van der Waals surface area contributed by atoms with Gasteiger partial charge >= 0.3 is 5.97 Å². The van der Waals surface area contributed by atoms with Gasteiger partial charge in [0.1, 0.15) is 5.82 Å². The predicted molar refractivity (Wildman–Crippen MR) is 99.0 cm³/mol. The molecule has 3 rings (SSSR count). The van der Waals surface area contributed by atoms with Gasteiger partial charge in [0, 0.05) is 17.3 Å². The summed E-state index contributed by atoms with van der Waals surface area (Å²) in [5.74, 6) is -0.00541. The van der Waals surface area contributed by atoms with Gasteiger partial charge in [-0.15, -0.1) is 10.2 Å². The Kier molecular flexibility index (Phi) is 5.30. The maximum absolute atomic E-state index is 10.7. The van der Waals surface area contributed by atoms with Crippen molar-refractivity contribution >= 4 is 48.6 Å². The number of fused-ring (bicyclic) bond motifs is 1. The van der Waals surface area contributed by atoms with Crippen LogP contribution in [0.25, 0.3) is 10.8 Å². The Hall–Kier alpha value is -1.73. The third-order valence-corrected chi connectivity index (χ3v) is 5.14. The number of rotatable bonds is 6. The van der Waals surface area contributed by atoms with Crippen LogP contribution in [0.1, 0.15) is 24.2 Å². The smallest absolute Gasteiger partial charge is 0.303 e. The summed E-state index contributed by atoms with van der Waals surface area (Å²) in [4.78, 5) is 10.7. The zero-order valence-electron chi connectivity index (χ0n) is 12.7. The number of benzene rings is 2. The monoisotopic (exact) mass is 451 g/mol. The first-order valence-electron chi connectivity index (χ1n) is 7.52. The van der Waals surface area contributed by atoms with E-state index in [1.807, 2.05) is 22.8 Å². The normalized spacial score (nSPS) is 11.1. The standard InChI is InChI=1S/C17H15Br2N3O2/c18-14-9-8-11(12-4-1-2-5-13(12)14)10-22-15(20-21-17(22)19)6-3-7-16(23)24/h1-2,4-5,8-9H,3,6-7,10H2,(H,23,24). The Balaban J connectivity index is 1.91. The lowest BCUT2D eigenvalue weighted by Crippen LogP contribution is -2.07. The van der Waals surface area contributed by atoms with Crippen LogP contribution in [0.3, 0.4) is 0 Å². The highest BCUT2D eigenvalue weighted by Crippen LogP contribution is 2.28. The number of carboxylic acid groups (broad SMARTS) is 1. The van der Waals surface area contributed by atoms with Gasteiger partial charge in [-0.25, -0.2) is 0 Å². The van der Waals surface area contributed by atoms with E-state index in [4.69, 9.17) is 5.11 Å². The molecule has 124 valence electrons. The van der Waals surface area contributed by atoms with E-state index in [-0.39, 0.29) is 6.42 Å². The molecule has 1 aromatic heterocycles.